The maximum atomic E-state index is 13.6. The fourth-order valence-corrected chi connectivity index (χ4v) is 5.48. The number of rotatable bonds is 3. The number of ether oxygens (including phenoxy) is 1. The molecule has 1 saturated heterocycles. The maximum absolute atomic E-state index is 13.6. The van der Waals surface area contributed by atoms with E-state index in [9.17, 15) is 23.4 Å². The van der Waals surface area contributed by atoms with Crippen LogP contribution in [-0.2, 0) is 30.1 Å². The second-order valence-electron chi connectivity index (χ2n) is 12.6. The molecule has 1 saturated carbocycles. The molecule has 3 N–H and O–H groups in total. The number of carbonyl (C=O) groups is 4. The molecule has 5 atom stereocenters. The molecular formula is C27H44N4O6S. The van der Waals surface area contributed by atoms with Crippen LogP contribution in [0.25, 0.3) is 0 Å². The lowest BCUT2D eigenvalue weighted by Crippen LogP contribution is -2.57. The SMILES string of the molecule is CC(C)(C)NC(=O)O[C@H]1CCCCCC=C[C@@H]2C[C@@]2(C(=O)N[S@](=O)C(C)(C)C)NC(=O)[C@@H]2CCCN2C1=O. The molecule has 10 nitrogen and oxygen atoms in total. The Balaban J connectivity index is 1.83. The summed E-state index contributed by atoms with van der Waals surface area (Å²) < 4.78 is 20.2. The summed E-state index contributed by atoms with van der Waals surface area (Å²) in [4.78, 5) is 54.4. The van der Waals surface area contributed by atoms with Crippen molar-refractivity contribution >= 4 is 34.8 Å². The van der Waals surface area contributed by atoms with E-state index in [0.717, 1.165) is 19.3 Å². The van der Waals surface area contributed by atoms with E-state index in [1.54, 1.807) is 20.8 Å². The molecule has 1 aliphatic carbocycles. The van der Waals surface area contributed by atoms with E-state index in [1.807, 2.05) is 32.9 Å². The van der Waals surface area contributed by atoms with Crippen LogP contribution >= 0.6 is 0 Å². The molecular weight excluding hydrogens is 508 g/mol. The molecule has 214 valence electrons. The molecule has 3 rings (SSSR count). The second kappa shape index (κ2) is 11.8. The summed E-state index contributed by atoms with van der Waals surface area (Å²) in [6.07, 6.45) is 7.38. The lowest BCUT2D eigenvalue weighted by Gasteiger charge is -2.30. The Morgan fingerprint density at radius 2 is 1.79 bits per heavy atom. The molecule has 2 aliphatic heterocycles. The van der Waals surface area contributed by atoms with Gasteiger partial charge in [-0.15, -0.1) is 0 Å². The third kappa shape index (κ3) is 7.57. The number of nitrogens with zero attached hydrogens (tertiary/aromatic N) is 1. The summed E-state index contributed by atoms with van der Waals surface area (Å²) in [5, 5.41) is 5.65. The Bertz CT molecular complexity index is 985. The molecule has 0 bridgehead atoms. The minimum Gasteiger partial charge on any atom is -0.436 e. The highest BCUT2D eigenvalue weighted by Gasteiger charge is 2.61. The molecule has 4 amide bonds. The number of allylic oxidation sites excluding steroid dienone is 1. The molecule has 0 radical (unpaired) electrons. The van der Waals surface area contributed by atoms with Crippen LogP contribution in [0.4, 0.5) is 4.79 Å². The largest absolute Gasteiger partial charge is 0.436 e. The summed E-state index contributed by atoms with van der Waals surface area (Å²) in [6.45, 7) is 11.2. The molecule has 0 spiro atoms. The van der Waals surface area contributed by atoms with Crippen LogP contribution < -0.4 is 15.4 Å². The Morgan fingerprint density at radius 3 is 2.45 bits per heavy atom. The third-order valence-corrected chi connectivity index (χ3v) is 8.54. The zero-order chi connectivity index (χ0) is 28.3. The third-order valence-electron chi connectivity index (χ3n) is 7.05. The van der Waals surface area contributed by atoms with Crippen molar-refractivity contribution in [3.63, 3.8) is 0 Å². The van der Waals surface area contributed by atoms with Gasteiger partial charge in [0.1, 0.15) is 22.6 Å². The molecule has 2 fully saturated rings. The number of hydrogen-bond donors (Lipinski definition) is 3. The summed E-state index contributed by atoms with van der Waals surface area (Å²) in [5.74, 6) is -1.50. The van der Waals surface area contributed by atoms with Crippen LogP contribution in [0.5, 0.6) is 0 Å². The van der Waals surface area contributed by atoms with Crippen LogP contribution in [-0.4, -0.2) is 67.4 Å². The highest BCUT2D eigenvalue weighted by molar-refractivity contribution is 7.85. The maximum Gasteiger partial charge on any atom is 0.408 e. The van der Waals surface area contributed by atoms with Crippen molar-refractivity contribution in [3.8, 4) is 0 Å². The van der Waals surface area contributed by atoms with Crippen molar-refractivity contribution in [1.82, 2.24) is 20.3 Å². The van der Waals surface area contributed by atoms with Crippen LogP contribution in [0, 0.1) is 5.92 Å². The lowest BCUT2D eigenvalue weighted by molar-refractivity contribution is -0.146. The topological polar surface area (TPSA) is 134 Å². The number of fused-ring (bicyclic) bond motifs is 2. The van der Waals surface area contributed by atoms with Crippen molar-refractivity contribution in [3.05, 3.63) is 12.2 Å². The number of alkyl carbamates (subject to hydrolysis) is 1. The predicted octanol–water partition coefficient (Wildman–Crippen LogP) is 2.84. The van der Waals surface area contributed by atoms with Gasteiger partial charge in [-0.25, -0.2) is 9.00 Å². The first-order valence-electron chi connectivity index (χ1n) is 13.6. The number of carbonyl (C=O) groups excluding carboxylic acids is 4. The van der Waals surface area contributed by atoms with Gasteiger partial charge in [-0.1, -0.05) is 18.6 Å². The van der Waals surface area contributed by atoms with E-state index in [1.165, 1.54) is 4.90 Å². The zero-order valence-electron chi connectivity index (χ0n) is 23.6. The van der Waals surface area contributed by atoms with Crippen molar-refractivity contribution in [2.24, 2.45) is 5.92 Å². The van der Waals surface area contributed by atoms with Gasteiger partial charge in [0.2, 0.25) is 5.91 Å². The molecule has 0 aromatic carbocycles. The van der Waals surface area contributed by atoms with E-state index >= 15 is 0 Å². The zero-order valence-corrected chi connectivity index (χ0v) is 24.4. The molecule has 2 heterocycles. The van der Waals surface area contributed by atoms with E-state index < -0.39 is 56.9 Å². The normalized spacial score (nSPS) is 29.6. The Hall–Kier alpha value is -2.43. The molecule has 0 aromatic rings. The van der Waals surface area contributed by atoms with Crippen LogP contribution in [0.2, 0.25) is 0 Å². The molecule has 11 heteroatoms. The van der Waals surface area contributed by atoms with Crippen LogP contribution in [0.1, 0.15) is 92.9 Å². The molecule has 3 aliphatic rings. The Labute approximate surface area is 228 Å². The van der Waals surface area contributed by atoms with Crippen LogP contribution in [0.15, 0.2) is 12.2 Å². The number of hydrogen-bond acceptors (Lipinski definition) is 6. The van der Waals surface area contributed by atoms with E-state index in [4.69, 9.17) is 4.74 Å². The fourth-order valence-electron chi connectivity index (χ4n) is 4.83. The van der Waals surface area contributed by atoms with Gasteiger partial charge < -0.3 is 20.3 Å². The second-order valence-corrected chi connectivity index (χ2v) is 14.6. The van der Waals surface area contributed by atoms with Gasteiger partial charge in [-0.05, 0) is 86.5 Å². The van der Waals surface area contributed by atoms with Gasteiger partial charge >= 0.3 is 6.09 Å². The fraction of sp³-hybridized carbons (Fsp3) is 0.778. The summed E-state index contributed by atoms with van der Waals surface area (Å²) in [5.41, 5.74) is -1.72. The first-order valence-corrected chi connectivity index (χ1v) is 14.8. The van der Waals surface area contributed by atoms with E-state index in [0.29, 0.717) is 38.6 Å². The monoisotopic (exact) mass is 552 g/mol. The van der Waals surface area contributed by atoms with E-state index in [2.05, 4.69) is 15.4 Å². The van der Waals surface area contributed by atoms with Crippen LogP contribution in [0.3, 0.4) is 0 Å². The van der Waals surface area contributed by atoms with Gasteiger partial charge in [0.05, 0.1) is 4.75 Å². The van der Waals surface area contributed by atoms with Gasteiger partial charge in [0.25, 0.3) is 11.8 Å². The molecule has 38 heavy (non-hydrogen) atoms. The van der Waals surface area contributed by atoms with Crippen molar-refractivity contribution in [1.29, 1.82) is 0 Å². The highest BCUT2D eigenvalue weighted by Crippen LogP contribution is 2.45. The standard InChI is InChI=1S/C27H44N4O6S/c1-25(2,3)29-24(35)37-20-15-11-9-7-8-10-13-18-17-27(18,23(34)30-38(36)26(4,5)6)28-21(32)19-14-12-16-31(19)22(20)33/h10,13,18-20H,7-9,11-12,14-17H2,1-6H3,(H,28,32)(H,29,35)(H,30,34)/t18-,19+,20+,27-,38-/m1/s1. The van der Waals surface area contributed by atoms with Crippen molar-refractivity contribution < 1.29 is 28.1 Å². The van der Waals surface area contributed by atoms with Crippen molar-refractivity contribution in [2.75, 3.05) is 6.54 Å². The van der Waals surface area contributed by atoms with Gasteiger partial charge in [-0.3, -0.25) is 19.1 Å². The highest BCUT2D eigenvalue weighted by atomic mass is 32.2. The minimum atomic E-state index is -1.63. The smallest absolute Gasteiger partial charge is 0.408 e. The summed E-state index contributed by atoms with van der Waals surface area (Å²) in [6, 6.07) is -0.771. The summed E-state index contributed by atoms with van der Waals surface area (Å²) >= 11 is 0. The average Bonchev–Trinajstić information content (AvgIpc) is 3.25. The van der Waals surface area contributed by atoms with Gasteiger partial charge in [0.15, 0.2) is 6.10 Å². The predicted molar refractivity (Wildman–Crippen MR) is 145 cm³/mol. The van der Waals surface area contributed by atoms with Gasteiger partial charge in [-0.2, -0.15) is 0 Å². The molecule has 0 unspecified atom stereocenters. The van der Waals surface area contributed by atoms with Crippen molar-refractivity contribution in [2.45, 2.75) is 121 Å². The average molecular weight is 553 g/mol. The van der Waals surface area contributed by atoms with E-state index in [-0.39, 0.29) is 11.8 Å². The molecule has 0 aromatic heterocycles. The first-order chi connectivity index (χ1) is 17.6. The number of amides is 4. The Morgan fingerprint density at radius 1 is 1.08 bits per heavy atom. The quantitative estimate of drug-likeness (QED) is 0.461. The Kier molecular flexibility index (Phi) is 9.32. The van der Waals surface area contributed by atoms with Gasteiger partial charge in [0, 0.05) is 18.0 Å². The lowest BCUT2D eigenvalue weighted by atomic mass is 10.1. The first kappa shape index (κ1) is 30.1. The number of nitrogens with one attached hydrogen (secondary N) is 3. The minimum absolute atomic E-state index is 0.212. The summed E-state index contributed by atoms with van der Waals surface area (Å²) in [7, 11) is -1.63.